The average Bonchev–Trinajstić information content (AvgIpc) is 3.32. The molecule has 1 aliphatic rings. The number of hydrogen-bond acceptors (Lipinski definition) is 4. The largest absolute Gasteiger partial charge is 0.356 e. The van der Waals surface area contributed by atoms with Crippen LogP contribution in [0.2, 0.25) is 0 Å². The van der Waals surface area contributed by atoms with Crippen molar-refractivity contribution in [3.05, 3.63) is 23.2 Å². The van der Waals surface area contributed by atoms with Crippen molar-refractivity contribution in [2.75, 3.05) is 39.3 Å². The van der Waals surface area contributed by atoms with E-state index in [4.69, 9.17) is 0 Å². The monoisotopic (exact) mass is 460 g/mol. The summed E-state index contributed by atoms with van der Waals surface area (Å²) in [6.45, 7) is 14.3. The van der Waals surface area contributed by atoms with E-state index < -0.39 is 0 Å². The first-order chi connectivity index (χ1) is 15.3. The lowest BCUT2D eigenvalue weighted by molar-refractivity contribution is -0.126. The number of fused-ring (bicyclic) bond motifs is 1. The molecule has 1 N–H and O–H groups in total. The van der Waals surface area contributed by atoms with Crippen LogP contribution in [0.5, 0.6) is 0 Å². The zero-order chi connectivity index (χ0) is 23.3. The maximum Gasteiger partial charge on any atom is 0.270 e. The van der Waals surface area contributed by atoms with Crippen molar-refractivity contribution in [2.45, 2.75) is 47.0 Å². The second-order valence-corrected chi connectivity index (χ2v) is 11.0. The zero-order valence-electron chi connectivity index (χ0n) is 20.4. The summed E-state index contributed by atoms with van der Waals surface area (Å²) in [5.41, 5.74) is 1.84. The number of nitrogens with zero attached hydrogens (tertiary/aromatic N) is 3. The van der Waals surface area contributed by atoms with Gasteiger partial charge in [0.05, 0.1) is 10.2 Å². The van der Waals surface area contributed by atoms with Gasteiger partial charge in [0.1, 0.15) is 5.69 Å². The molecule has 0 aliphatic carbocycles. The van der Waals surface area contributed by atoms with Crippen molar-refractivity contribution in [1.82, 2.24) is 19.7 Å². The molecule has 3 heterocycles. The summed E-state index contributed by atoms with van der Waals surface area (Å²) in [7, 11) is 1.95. The zero-order valence-corrected chi connectivity index (χ0v) is 21.2. The van der Waals surface area contributed by atoms with Gasteiger partial charge in [-0.15, -0.1) is 11.3 Å². The highest BCUT2D eigenvalue weighted by Gasteiger charge is 2.29. The summed E-state index contributed by atoms with van der Waals surface area (Å²) < 4.78 is 3.12. The van der Waals surface area contributed by atoms with E-state index in [-0.39, 0.29) is 17.7 Å². The molecule has 0 saturated carbocycles. The second kappa shape index (κ2) is 11.3. The van der Waals surface area contributed by atoms with Crippen LogP contribution in [-0.4, -0.2) is 65.4 Å². The van der Waals surface area contributed by atoms with E-state index in [1.54, 1.807) is 11.3 Å². The number of thiophene rings is 1. The molecule has 0 unspecified atom stereocenters. The fourth-order valence-corrected chi connectivity index (χ4v) is 5.56. The highest BCUT2D eigenvalue weighted by Crippen LogP contribution is 2.26. The molecule has 2 aromatic rings. The lowest BCUT2D eigenvalue weighted by Crippen LogP contribution is -2.43. The molecule has 1 saturated heterocycles. The van der Waals surface area contributed by atoms with Gasteiger partial charge >= 0.3 is 0 Å². The van der Waals surface area contributed by atoms with Gasteiger partial charge in [0.2, 0.25) is 5.91 Å². The molecule has 0 aromatic carbocycles. The average molecular weight is 461 g/mol. The van der Waals surface area contributed by atoms with Gasteiger partial charge in [-0.2, -0.15) is 0 Å². The molecule has 3 rings (SSSR count). The van der Waals surface area contributed by atoms with Gasteiger partial charge in [0.25, 0.3) is 5.91 Å². The Kier molecular flexibility index (Phi) is 8.77. The molecule has 0 radical (unpaired) electrons. The van der Waals surface area contributed by atoms with Crippen molar-refractivity contribution < 1.29 is 9.59 Å². The molecule has 7 heteroatoms. The maximum absolute atomic E-state index is 13.0. The first kappa shape index (κ1) is 24.8. The number of likely N-dealkylation sites (tertiary alicyclic amines) is 1. The van der Waals surface area contributed by atoms with Crippen LogP contribution < -0.4 is 5.32 Å². The number of piperidine rings is 1. The molecule has 0 spiro atoms. The summed E-state index contributed by atoms with van der Waals surface area (Å²) in [5.74, 6) is 1.55. The third kappa shape index (κ3) is 6.35. The quantitative estimate of drug-likeness (QED) is 0.540. The maximum atomic E-state index is 13.0. The molecule has 32 heavy (non-hydrogen) atoms. The Morgan fingerprint density at radius 2 is 1.81 bits per heavy atom. The minimum absolute atomic E-state index is 0.0124. The molecule has 2 amide bonds. The van der Waals surface area contributed by atoms with Gasteiger partial charge in [0.15, 0.2) is 0 Å². The van der Waals surface area contributed by atoms with Crippen molar-refractivity contribution in [3.63, 3.8) is 0 Å². The van der Waals surface area contributed by atoms with E-state index in [0.29, 0.717) is 24.9 Å². The van der Waals surface area contributed by atoms with Gasteiger partial charge in [-0.1, -0.05) is 27.7 Å². The Hall–Kier alpha value is -1.86. The van der Waals surface area contributed by atoms with Crippen molar-refractivity contribution >= 4 is 33.4 Å². The van der Waals surface area contributed by atoms with Gasteiger partial charge in [-0.3, -0.25) is 9.59 Å². The molecule has 2 aromatic heterocycles. The van der Waals surface area contributed by atoms with Crippen molar-refractivity contribution in [1.29, 1.82) is 0 Å². The number of carbonyl (C=O) groups excluding carboxylic acids is 2. The SMILES string of the molecule is CC(C)CN(CCCNC(=O)C1CCN(C(=O)c2cc3sccc3n2C)CC1)CC(C)C. The number of aromatic nitrogens is 1. The second-order valence-electron chi connectivity index (χ2n) is 10.0. The first-order valence-electron chi connectivity index (χ1n) is 12.1. The third-order valence-corrected chi connectivity index (χ3v) is 7.09. The van der Waals surface area contributed by atoms with E-state index >= 15 is 0 Å². The number of amides is 2. The van der Waals surface area contributed by atoms with Crippen LogP contribution in [0.1, 0.15) is 57.4 Å². The predicted molar refractivity (Wildman–Crippen MR) is 133 cm³/mol. The summed E-state index contributed by atoms with van der Waals surface area (Å²) in [4.78, 5) is 30.1. The Morgan fingerprint density at radius 1 is 1.16 bits per heavy atom. The standard InChI is InChI=1S/C25H40N4O2S/c1-18(2)16-28(17-19(3)4)11-6-10-26-24(30)20-7-12-29(13-8-20)25(31)22-15-23-21(27(22)5)9-14-32-23/h9,14-15,18-20H,6-8,10-13,16-17H2,1-5H3,(H,26,30). The lowest BCUT2D eigenvalue weighted by atomic mass is 9.95. The van der Waals surface area contributed by atoms with Crippen LogP contribution in [0.25, 0.3) is 10.2 Å². The van der Waals surface area contributed by atoms with Crippen molar-refractivity contribution in [3.8, 4) is 0 Å². The van der Waals surface area contributed by atoms with Crippen LogP contribution in [-0.2, 0) is 11.8 Å². The van der Waals surface area contributed by atoms with Gasteiger partial charge in [0, 0.05) is 45.7 Å². The van der Waals surface area contributed by atoms with E-state index in [1.807, 2.05) is 22.6 Å². The van der Waals surface area contributed by atoms with Crippen molar-refractivity contribution in [2.24, 2.45) is 24.8 Å². The predicted octanol–water partition coefficient (Wildman–Crippen LogP) is 4.21. The number of carbonyl (C=O) groups is 2. The van der Waals surface area contributed by atoms with Crippen LogP contribution in [0.4, 0.5) is 0 Å². The lowest BCUT2D eigenvalue weighted by Gasteiger charge is -2.31. The molecular weight excluding hydrogens is 420 g/mol. The molecule has 1 fully saturated rings. The number of hydrogen-bond donors (Lipinski definition) is 1. The number of rotatable bonds is 10. The van der Waals surface area contributed by atoms with Crippen LogP contribution >= 0.6 is 11.3 Å². The third-order valence-electron chi connectivity index (χ3n) is 6.23. The molecule has 6 nitrogen and oxygen atoms in total. The minimum atomic E-state index is 0.0124. The molecule has 0 bridgehead atoms. The molecule has 178 valence electrons. The Balaban J connectivity index is 1.40. The first-order valence-corrected chi connectivity index (χ1v) is 13.0. The minimum Gasteiger partial charge on any atom is -0.356 e. The fraction of sp³-hybridized carbons (Fsp3) is 0.680. The highest BCUT2D eigenvalue weighted by atomic mass is 32.1. The molecular formula is C25H40N4O2S. The fourth-order valence-electron chi connectivity index (χ4n) is 4.71. The Bertz CT molecular complexity index is 883. The van der Waals surface area contributed by atoms with Gasteiger partial charge < -0.3 is 19.7 Å². The summed E-state index contributed by atoms with van der Waals surface area (Å²) in [6, 6.07) is 4.04. The summed E-state index contributed by atoms with van der Waals surface area (Å²) in [6.07, 6.45) is 2.46. The van der Waals surface area contributed by atoms with E-state index in [1.165, 1.54) is 0 Å². The van der Waals surface area contributed by atoms with E-state index in [9.17, 15) is 9.59 Å². The smallest absolute Gasteiger partial charge is 0.270 e. The van der Waals surface area contributed by atoms with Crippen LogP contribution in [0.3, 0.4) is 0 Å². The van der Waals surface area contributed by atoms with Gasteiger partial charge in [-0.25, -0.2) is 0 Å². The Morgan fingerprint density at radius 3 is 2.41 bits per heavy atom. The number of nitrogens with one attached hydrogen (secondary N) is 1. The highest BCUT2D eigenvalue weighted by molar-refractivity contribution is 7.17. The van der Waals surface area contributed by atoms with Gasteiger partial charge in [-0.05, 0) is 55.2 Å². The normalized spacial score (nSPS) is 15.4. The van der Waals surface area contributed by atoms with Crippen LogP contribution in [0.15, 0.2) is 17.5 Å². The Labute approximate surface area is 196 Å². The number of aryl methyl sites for hydroxylation is 1. The van der Waals surface area contributed by atoms with Crippen LogP contribution in [0, 0.1) is 17.8 Å². The molecule has 1 aliphatic heterocycles. The molecule has 0 atom stereocenters. The van der Waals surface area contributed by atoms with E-state index in [2.05, 4.69) is 49.4 Å². The van der Waals surface area contributed by atoms with E-state index in [0.717, 1.165) is 61.4 Å². The summed E-state index contributed by atoms with van der Waals surface area (Å²) >= 11 is 1.66. The summed E-state index contributed by atoms with van der Waals surface area (Å²) in [5, 5.41) is 5.19. The topological polar surface area (TPSA) is 57.6 Å².